The van der Waals surface area contributed by atoms with Gasteiger partial charge in [-0.25, -0.2) is 4.79 Å². The maximum atomic E-state index is 12.4. The molecule has 0 atom stereocenters. The van der Waals surface area contributed by atoms with Gasteiger partial charge in [0.25, 0.3) is 0 Å². The average molecular weight is 421 g/mol. The molecule has 3 rings (SSSR count). The zero-order valence-electron chi connectivity index (χ0n) is 17.5. The molecule has 0 saturated heterocycles. The van der Waals surface area contributed by atoms with Gasteiger partial charge in [0.1, 0.15) is 12.4 Å². The number of carbonyl (C=O) groups excluding carboxylic acids is 2. The molecule has 1 aliphatic carbocycles. The second-order valence-corrected chi connectivity index (χ2v) is 7.79. The number of carbonyl (C=O) groups is 2. The fourth-order valence-electron chi connectivity index (χ4n) is 3.63. The summed E-state index contributed by atoms with van der Waals surface area (Å²) < 4.78 is 10.7. The highest BCUT2D eigenvalue weighted by Gasteiger charge is 2.26. The molecule has 2 aromatic carbocycles. The van der Waals surface area contributed by atoms with Crippen molar-refractivity contribution >= 4 is 29.4 Å². The van der Waals surface area contributed by atoms with Crippen molar-refractivity contribution in [1.82, 2.24) is 0 Å². The molecule has 31 heavy (non-hydrogen) atoms. The molecule has 4 N–H and O–H groups in total. The number of anilines is 2. The van der Waals surface area contributed by atoms with Crippen LogP contribution in [0.15, 0.2) is 61.2 Å². The number of benzene rings is 2. The lowest BCUT2D eigenvalue weighted by Crippen LogP contribution is -2.25. The van der Waals surface area contributed by atoms with E-state index in [0.717, 1.165) is 36.8 Å². The van der Waals surface area contributed by atoms with Gasteiger partial charge in [0.05, 0.1) is 5.92 Å². The third-order valence-corrected chi connectivity index (χ3v) is 5.37. The zero-order chi connectivity index (χ0) is 22.2. The van der Waals surface area contributed by atoms with E-state index in [-0.39, 0.29) is 18.5 Å². The number of nitrogens with two attached hydrogens (primary N) is 2. The fourth-order valence-corrected chi connectivity index (χ4v) is 3.63. The molecular formula is C25H28N2O4. The molecule has 0 spiro atoms. The van der Waals surface area contributed by atoms with Gasteiger partial charge < -0.3 is 20.9 Å². The molecule has 0 amide bonds. The smallest absolute Gasteiger partial charge is 0.331 e. The van der Waals surface area contributed by atoms with Gasteiger partial charge in [0.15, 0.2) is 0 Å². The van der Waals surface area contributed by atoms with Crippen LogP contribution in [0, 0.1) is 11.8 Å². The van der Waals surface area contributed by atoms with Gasteiger partial charge in [0, 0.05) is 17.5 Å². The molecule has 1 aliphatic rings. The number of esters is 2. The van der Waals surface area contributed by atoms with E-state index in [0.29, 0.717) is 23.0 Å². The first-order valence-electron chi connectivity index (χ1n) is 10.4. The van der Waals surface area contributed by atoms with E-state index in [4.69, 9.17) is 20.9 Å². The second kappa shape index (κ2) is 10.5. The molecule has 0 aliphatic heterocycles. The summed E-state index contributed by atoms with van der Waals surface area (Å²) in [5.41, 5.74) is 14.0. The molecule has 6 heteroatoms. The van der Waals surface area contributed by atoms with Crippen molar-refractivity contribution in [3.63, 3.8) is 0 Å². The Hall–Kier alpha value is -3.54. The zero-order valence-corrected chi connectivity index (χ0v) is 17.5. The number of allylic oxidation sites excluding steroid dienone is 1. The molecular weight excluding hydrogens is 392 g/mol. The van der Waals surface area contributed by atoms with Crippen molar-refractivity contribution in [2.75, 3.05) is 11.5 Å². The molecule has 0 radical (unpaired) electrons. The summed E-state index contributed by atoms with van der Waals surface area (Å²) in [5.74, 6) is 0.282. The molecule has 162 valence electrons. The Morgan fingerprint density at radius 2 is 1.65 bits per heavy atom. The third kappa shape index (κ3) is 6.74. The van der Waals surface area contributed by atoms with E-state index >= 15 is 0 Å². The van der Waals surface area contributed by atoms with Crippen LogP contribution in [-0.2, 0) is 20.9 Å². The summed E-state index contributed by atoms with van der Waals surface area (Å²) in [6.07, 6.45) is 8.58. The summed E-state index contributed by atoms with van der Waals surface area (Å²) in [6, 6.07) is 12.0. The van der Waals surface area contributed by atoms with Gasteiger partial charge in [-0.3, -0.25) is 4.79 Å². The SMILES string of the molecule is C=CC1CCC(C(=O)Oc2ccc(C=CC(=O)OCc3cc(N)cc(N)c3)cc2)CC1. The van der Waals surface area contributed by atoms with E-state index in [1.165, 1.54) is 6.08 Å². The minimum atomic E-state index is -0.480. The summed E-state index contributed by atoms with van der Waals surface area (Å²) in [6.45, 7) is 3.91. The molecule has 2 aromatic rings. The fraction of sp³-hybridized carbons (Fsp3) is 0.280. The number of ether oxygens (including phenoxy) is 2. The largest absolute Gasteiger partial charge is 0.458 e. The summed E-state index contributed by atoms with van der Waals surface area (Å²) >= 11 is 0. The van der Waals surface area contributed by atoms with Crippen LogP contribution in [0.4, 0.5) is 11.4 Å². The lowest BCUT2D eigenvalue weighted by atomic mass is 9.82. The first kappa shape index (κ1) is 22.2. The Morgan fingerprint density at radius 3 is 2.26 bits per heavy atom. The maximum Gasteiger partial charge on any atom is 0.331 e. The Kier molecular flexibility index (Phi) is 7.49. The quantitative estimate of drug-likeness (QED) is 0.225. The maximum absolute atomic E-state index is 12.4. The van der Waals surface area contributed by atoms with Crippen LogP contribution >= 0.6 is 0 Å². The van der Waals surface area contributed by atoms with E-state index in [9.17, 15) is 9.59 Å². The average Bonchev–Trinajstić information content (AvgIpc) is 2.76. The highest BCUT2D eigenvalue weighted by molar-refractivity contribution is 5.87. The second-order valence-electron chi connectivity index (χ2n) is 7.79. The van der Waals surface area contributed by atoms with Crippen molar-refractivity contribution in [3.05, 3.63) is 72.3 Å². The number of rotatable bonds is 7. The van der Waals surface area contributed by atoms with Crippen molar-refractivity contribution in [2.24, 2.45) is 11.8 Å². The van der Waals surface area contributed by atoms with Crippen molar-refractivity contribution in [3.8, 4) is 5.75 Å². The van der Waals surface area contributed by atoms with Crippen LogP contribution in [0.1, 0.15) is 36.8 Å². The predicted octanol–water partition coefficient (Wildman–Crippen LogP) is 4.51. The number of hydrogen-bond acceptors (Lipinski definition) is 6. The normalized spacial score (nSPS) is 18.5. The van der Waals surface area contributed by atoms with Gasteiger partial charge in [-0.05, 0) is 79.1 Å². The van der Waals surface area contributed by atoms with E-state index in [1.54, 1.807) is 48.5 Å². The van der Waals surface area contributed by atoms with Gasteiger partial charge in [-0.1, -0.05) is 18.2 Å². The van der Waals surface area contributed by atoms with Crippen LogP contribution < -0.4 is 16.2 Å². The summed E-state index contributed by atoms with van der Waals surface area (Å²) in [5, 5.41) is 0. The third-order valence-electron chi connectivity index (χ3n) is 5.37. The van der Waals surface area contributed by atoms with E-state index < -0.39 is 5.97 Å². The van der Waals surface area contributed by atoms with Crippen LogP contribution in [0.25, 0.3) is 6.08 Å². The Balaban J connectivity index is 1.47. The first-order valence-corrected chi connectivity index (χ1v) is 10.4. The van der Waals surface area contributed by atoms with Gasteiger partial charge in [-0.2, -0.15) is 0 Å². The van der Waals surface area contributed by atoms with Crippen LogP contribution in [0.2, 0.25) is 0 Å². The van der Waals surface area contributed by atoms with Gasteiger partial charge >= 0.3 is 11.9 Å². The predicted molar refractivity (Wildman–Crippen MR) is 122 cm³/mol. The summed E-state index contributed by atoms with van der Waals surface area (Å²) in [7, 11) is 0. The Bertz CT molecular complexity index is 938. The highest BCUT2D eigenvalue weighted by atomic mass is 16.5. The topological polar surface area (TPSA) is 105 Å². The monoisotopic (exact) mass is 420 g/mol. The first-order chi connectivity index (χ1) is 14.9. The van der Waals surface area contributed by atoms with E-state index in [2.05, 4.69) is 6.58 Å². The lowest BCUT2D eigenvalue weighted by molar-refractivity contribution is -0.140. The minimum absolute atomic E-state index is 0.0548. The van der Waals surface area contributed by atoms with Crippen molar-refractivity contribution in [2.45, 2.75) is 32.3 Å². The highest BCUT2D eigenvalue weighted by Crippen LogP contribution is 2.30. The minimum Gasteiger partial charge on any atom is -0.458 e. The van der Waals surface area contributed by atoms with Crippen LogP contribution in [0.3, 0.4) is 0 Å². The molecule has 0 bridgehead atoms. The number of hydrogen-bond donors (Lipinski definition) is 2. The van der Waals surface area contributed by atoms with Gasteiger partial charge in [0.2, 0.25) is 0 Å². The lowest BCUT2D eigenvalue weighted by Gasteiger charge is -2.24. The molecule has 6 nitrogen and oxygen atoms in total. The van der Waals surface area contributed by atoms with Crippen LogP contribution in [0.5, 0.6) is 5.75 Å². The Morgan fingerprint density at radius 1 is 1.00 bits per heavy atom. The Labute approximate surface area is 182 Å². The molecule has 0 aromatic heterocycles. The number of nitrogen functional groups attached to an aromatic ring is 2. The standard InChI is InChI=1S/C25H28N2O4/c1-2-17-3-8-20(9-4-17)25(29)31-23-10-5-18(6-11-23)7-12-24(28)30-16-19-13-21(26)15-22(27)14-19/h2,5-7,10-15,17,20H,1,3-4,8-9,16,26-27H2. The van der Waals surface area contributed by atoms with Gasteiger partial charge in [-0.15, -0.1) is 6.58 Å². The molecule has 1 saturated carbocycles. The molecule has 1 fully saturated rings. The van der Waals surface area contributed by atoms with Crippen molar-refractivity contribution < 1.29 is 19.1 Å². The van der Waals surface area contributed by atoms with Crippen molar-refractivity contribution in [1.29, 1.82) is 0 Å². The molecule has 0 heterocycles. The molecule has 0 unspecified atom stereocenters. The van der Waals surface area contributed by atoms with E-state index in [1.807, 2.05) is 6.08 Å². The van der Waals surface area contributed by atoms with Crippen LogP contribution in [-0.4, -0.2) is 11.9 Å². The summed E-state index contributed by atoms with van der Waals surface area (Å²) in [4.78, 5) is 24.3.